The standard InChI is InChI=1S/C19H12N2O6S/c1-10-5-6-15(16(7-10)28(25,26)27)21-18(22)13-4-2-3-11-8-12(20-24)9-14(17(11)13)19(21)23/h2-9H,1H3,(H,25,26,27). The molecule has 140 valence electrons. The molecule has 0 aromatic heterocycles. The fraction of sp³-hybridized carbons (Fsp3) is 0.0526. The fourth-order valence-corrected chi connectivity index (χ4v) is 4.13. The molecule has 0 bridgehead atoms. The van der Waals surface area contributed by atoms with Gasteiger partial charge in [-0.05, 0) is 53.4 Å². The van der Waals surface area contributed by atoms with Crippen molar-refractivity contribution in [3.63, 3.8) is 0 Å². The normalized spacial score (nSPS) is 13.9. The van der Waals surface area contributed by atoms with Gasteiger partial charge >= 0.3 is 0 Å². The molecule has 0 aliphatic carbocycles. The van der Waals surface area contributed by atoms with Crippen LogP contribution in [-0.4, -0.2) is 24.8 Å². The van der Waals surface area contributed by atoms with Crippen molar-refractivity contribution in [3.8, 4) is 0 Å². The highest BCUT2D eigenvalue weighted by Gasteiger charge is 2.37. The van der Waals surface area contributed by atoms with Crippen molar-refractivity contribution in [1.29, 1.82) is 0 Å². The number of nitrogens with zero attached hydrogens (tertiary/aromatic N) is 2. The number of rotatable bonds is 3. The number of carbonyl (C=O) groups excluding carboxylic acids is 2. The third-order valence-electron chi connectivity index (χ3n) is 4.57. The van der Waals surface area contributed by atoms with Crippen LogP contribution in [0.3, 0.4) is 0 Å². The lowest BCUT2D eigenvalue weighted by atomic mass is 9.93. The van der Waals surface area contributed by atoms with E-state index < -0.39 is 26.8 Å². The smallest absolute Gasteiger partial charge is 0.282 e. The van der Waals surface area contributed by atoms with Crippen molar-refractivity contribution >= 4 is 44.1 Å². The van der Waals surface area contributed by atoms with E-state index in [9.17, 15) is 27.5 Å². The van der Waals surface area contributed by atoms with Crippen molar-refractivity contribution in [2.75, 3.05) is 4.90 Å². The number of hydrogen-bond donors (Lipinski definition) is 1. The van der Waals surface area contributed by atoms with Crippen LogP contribution in [0.2, 0.25) is 0 Å². The van der Waals surface area contributed by atoms with Gasteiger partial charge in [0.2, 0.25) is 0 Å². The minimum absolute atomic E-state index is 0.00112. The Kier molecular flexibility index (Phi) is 3.88. The Morgan fingerprint density at radius 3 is 2.36 bits per heavy atom. The van der Waals surface area contributed by atoms with E-state index >= 15 is 0 Å². The summed E-state index contributed by atoms with van der Waals surface area (Å²) in [7, 11) is -4.71. The van der Waals surface area contributed by atoms with Crippen LogP contribution in [0.25, 0.3) is 10.8 Å². The Morgan fingerprint density at radius 2 is 1.68 bits per heavy atom. The fourth-order valence-electron chi connectivity index (χ4n) is 3.38. The van der Waals surface area contributed by atoms with E-state index in [1.165, 1.54) is 36.4 Å². The van der Waals surface area contributed by atoms with Crippen LogP contribution in [0.15, 0.2) is 58.6 Å². The van der Waals surface area contributed by atoms with E-state index in [0.717, 1.165) is 0 Å². The molecule has 9 heteroatoms. The molecule has 0 saturated carbocycles. The lowest BCUT2D eigenvalue weighted by Crippen LogP contribution is -2.41. The summed E-state index contributed by atoms with van der Waals surface area (Å²) in [5, 5.41) is 3.71. The molecule has 0 radical (unpaired) electrons. The second-order valence-electron chi connectivity index (χ2n) is 6.38. The maximum atomic E-state index is 13.1. The summed E-state index contributed by atoms with van der Waals surface area (Å²) in [6.45, 7) is 1.61. The summed E-state index contributed by atoms with van der Waals surface area (Å²) in [4.78, 5) is 37.3. The van der Waals surface area contributed by atoms with Gasteiger partial charge in [0.25, 0.3) is 21.9 Å². The van der Waals surface area contributed by atoms with Crippen molar-refractivity contribution in [3.05, 3.63) is 70.1 Å². The third-order valence-corrected chi connectivity index (χ3v) is 5.45. The molecule has 1 aliphatic heterocycles. The zero-order valence-electron chi connectivity index (χ0n) is 14.4. The largest absolute Gasteiger partial charge is 0.296 e. The number of nitroso groups, excluding NO2 is 1. The van der Waals surface area contributed by atoms with Crippen LogP contribution < -0.4 is 4.90 Å². The molecule has 1 aliphatic rings. The molecule has 28 heavy (non-hydrogen) atoms. The lowest BCUT2D eigenvalue weighted by molar-refractivity contribution is 0.0893. The third kappa shape index (κ3) is 2.60. The molecule has 0 saturated heterocycles. The highest BCUT2D eigenvalue weighted by atomic mass is 32.2. The molecule has 0 spiro atoms. The zero-order valence-corrected chi connectivity index (χ0v) is 15.2. The summed E-state index contributed by atoms with van der Waals surface area (Å²) in [5.41, 5.74) is 0.468. The Bertz CT molecular complexity index is 1310. The number of aryl methyl sites for hydroxylation is 1. The van der Waals surface area contributed by atoms with Gasteiger partial charge in [0.05, 0.1) is 11.3 Å². The molecular formula is C19H12N2O6S. The van der Waals surface area contributed by atoms with Crippen LogP contribution in [0, 0.1) is 11.8 Å². The van der Waals surface area contributed by atoms with Gasteiger partial charge in [0.15, 0.2) is 0 Å². The van der Waals surface area contributed by atoms with Gasteiger partial charge in [0.1, 0.15) is 10.6 Å². The van der Waals surface area contributed by atoms with Crippen molar-refractivity contribution in [2.24, 2.45) is 5.18 Å². The average molecular weight is 396 g/mol. The van der Waals surface area contributed by atoms with Crippen LogP contribution in [0.1, 0.15) is 26.3 Å². The van der Waals surface area contributed by atoms with Crippen molar-refractivity contribution < 1.29 is 22.6 Å². The topological polar surface area (TPSA) is 121 Å². The first-order valence-corrected chi connectivity index (χ1v) is 9.53. The minimum atomic E-state index is -4.71. The van der Waals surface area contributed by atoms with Gasteiger partial charge in [-0.15, -0.1) is 4.91 Å². The highest BCUT2D eigenvalue weighted by Crippen LogP contribution is 2.37. The number of hydrogen-bond acceptors (Lipinski definition) is 6. The monoisotopic (exact) mass is 396 g/mol. The molecule has 8 nitrogen and oxygen atoms in total. The van der Waals surface area contributed by atoms with Gasteiger partial charge < -0.3 is 0 Å². The number of carbonyl (C=O) groups is 2. The molecule has 3 aromatic rings. The number of anilines is 1. The molecule has 0 atom stereocenters. The maximum absolute atomic E-state index is 13.1. The highest BCUT2D eigenvalue weighted by molar-refractivity contribution is 7.86. The first-order valence-electron chi connectivity index (χ1n) is 8.09. The zero-order chi connectivity index (χ0) is 20.2. The number of benzene rings is 3. The van der Waals surface area contributed by atoms with Crippen LogP contribution >= 0.6 is 0 Å². The predicted molar refractivity (Wildman–Crippen MR) is 102 cm³/mol. The average Bonchev–Trinajstić information content (AvgIpc) is 2.65. The summed E-state index contributed by atoms with van der Waals surface area (Å²) in [6.07, 6.45) is 0. The van der Waals surface area contributed by atoms with Gasteiger partial charge in [0, 0.05) is 10.9 Å². The molecule has 0 fully saturated rings. The first kappa shape index (κ1) is 18.0. The molecule has 1 N–H and O–H groups in total. The van der Waals surface area contributed by atoms with Gasteiger partial charge in [-0.3, -0.25) is 14.1 Å². The Hall–Kier alpha value is -3.43. The Morgan fingerprint density at radius 1 is 0.964 bits per heavy atom. The van der Waals surface area contributed by atoms with Gasteiger partial charge in [-0.2, -0.15) is 8.42 Å². The van der Waals surface area contributed by atoms with Crippen molar-refractivity contribution in [1.82, 2.24) is 0 Å². The number of imide groups is 1. The number of amides is 2. The summed E-state index contributed by atoms with van der Waals surface area (Å²) >= 11 is 0. The second-order valence-corrected chi connectivity index (χ2v) is 7.77. The molecule has 4 rings (SSSR count). The predicted octanol–water partition coefficient (Wildman–Crippen LogP) is 3.59. The molecular weight excluding hydrogens is 384 g/mol. The molecule has 1 heterocycles. The summed E-state index contributed by atoms with van der Waals surface area (Å²) < 4.78 is 33.3. The van der Waals surface area contributed by atoms with E-state index in [-0.39, 0.29) is 22.5 Å². The minimum Gasteiger partial charge on any atom is -0.282 e. The van der Waals surface area contributed by atoms with E-state index in [4.69, 9.17) is 0 Å². The second kappa shape index (κ2) is 6.04. The first-order chi connectivity index (χ1) is 13.2. The summed E-state index contributed by atoms with van der Waals surface area (Å²) in [6, 6.07) is 11.4. The molecule has 3 aromatic carbocycles. The van der Waals surface area contributed by atoms with Crippen LogP contribution in [0.4, 0.5) is 11.4 Å². The van der Waals surface area contributed by atoms with Gasteiger partial charge in [-0.25, -0.2) is 4.90 Å². The quantitative estimate of drug-likeness (QED) is 0.410. The van der Waals surface area contributed by atoms with E-state index in [1.54, 1.807) is 19.1 Å². The summed E-state index contributed by atoms with van der Waals surface area (Å²) in [5.74, 6) is -1.54. The maximum Gasteiger partial charge on any atom is 0.296 e. The SMILES string of the molecule is Cc1ccc(N2C(=O)c3cccc4cc(N=O)cc(c34)C2=O)c(S(=O)(=O)O)c1. The van der Waals surface area contributed by atoms with Crippen LogP contribution in [0.5, 0.6) is 0 Å². The Labute approximate surface area is 159 Å². The molecule has 2 amide bonds. The Balaban J connectivity index is 2.04. The van der Waals surface area contributed by atoms with Gasteiger partial charge in [-0.1, -0.05) is 18.2 Å². The van der Waals surface area contributed by atoms with E-state index in [0.29, 0.717) is 21.2 Å². The molecule has 0 unspecified atom stereocenters. The van der Waals surface area contributed by atoms with Crippen molar-refractivity contribution in [2.45, 2.75) is 11.8 Å². The van der Waals surface area contributed by atoms with E-state index in [1.807, 2.05) is 0 Å². The lowest BCUT2D eigenvalue weighted by Gasteiger charge is -2.28. The van der Waals surface area contributed by atoms with Crippen LogP contribution in [-0.2, 0) is 10.1 Å². The van der Waals surface area contributed by atoms with E-state index in [2.05, 4.69) is 5.18 Å².